The lowest BCUT2D eigenvalue weighted by Crippen LogP contribution is -2.46. The van der Waals surface area contributed by atoms with Crippen molar-refractivity contribution in [1.82, 2.24) is 0 Å². The molecule has 0 bridgehead atoms. The van der Waals surface area contributed by atoms with Crippen molar-refractivity contribution in [3.63, 3.8) is 0 Å². The number of nitrogens with zero attached hydrogens (tertiary/aromatic N) is 2. The first-order valence-corrected chi connectivity index (χ1v) is 9.42. The Balaban J connectivity index is 1.83. The number of hydrogen-bond acceptors (Lipinski definition) is 3. The molecule has 5 nitrogen and oxygen atoms in total. The molecule has 2 aromatic carbocycles. The van der Waals surface area contributed by atoms with Crippen molar-refractivity contribution in [1.29, 1.82) is 0 Å². The highest BCUT2D eigenvalue weighted by Gasteiger charge is 2.35. The average Bonchev–Trinajstić information content (AvgIpc) is 3.05. The Morgan fingerprint density at radius 2 is 1.67 bits per heavy atom. The number of aryl methyl sites for hydroxylation is 2. The lowest BCUT2D eigenvalue weighted by molar-refractivity contribution is -0.117. The van der Waals surface area contributed by atoms with E-state index >= 15 is 0 Å². The van der Waals surface area contributed by atoms with Gasteiger partial charge < -0.3 is 4.90 Å². The summed E-state index contributed by atoms with van der Waals surface area (Å²) in [5.41, 5.74) is 3.48. The van der Waals surface area contributed by atoms with Gasteiger partial charge in [0.2, 0.25) is 5.91 Å². The molecule has 0 saturated carbocycles. The maximum atomic E-state index is 13.2. The summed E-state index contributed by atoms with van der Waals surface area (Å²) in [5.74, 6) is -0.238. The summed E-state index contributed by atoms with van der Waals surface area (Å²) in [7, 11) is -2.10. The first-order valence-electron chi connectivity index (χ1n) is 7.98. The van der Waals surface area contributed by atoms with Crippen molar-refractivity contribution in [2.45, 2.75) is 24.2 Å². The van der Waals surface area contributed by atoms with Gasteiger partial charge in [-0.2, -0.15) is 0 Å². The molecule has 0 unspecified atom stereocenters. The SMILES string of the molecule is CN1C(=O)CN(S(=O)(=O)c2ccc3c(c2)CCC3)c2ccccc21. The van der Waals surface area contributed by atoms with Crippen LogP contribution in [0.2, 0.25) is 0 Å². The number of sulfonamides is 1. The number of fused-ring (bicyclic) bond motifs is 2. The van der Waals surface area contributed by atoms with E-state index in [1.165, 1.54) is 14.8 Å². The third kappa shape index (κ3) is 2.21. The van der Waals surface area contributed by atoms with E-state index < -0.39 is 10.0 Å². The molecule has 1 heterocycles. The maximum absolute atomic E-state index is 13.2. The molecule has 0 saturated heterocycles. The standard InChI is InChI=1S/C18H18N2O3S/c1-19-16-7-2-3-8-17(16)20(12-18(19)21)24(22,23)15-10-9-13-5-4-6-14(13)11-15/h2-3,7-11H,4-6,12H2,1H3. The largest absolute Gasteiger partial charge is 0.312 e. The van der Waals surface area contributed by atoms with Gasteiger partial charge in [0.15, 0.2) is 0 Å². The third-order valence-electron chi connectivity index (χ3n) is 4.82. The molecule has 1 aliphatic carbocycles. The quantitative estimate of drug-likeness (QED) is 0.842. The van der Waals surface area contributed by atoms with E-state index in [-0.39, 0.29) is 17.3 Å². The lowest BCUT2D eigenvalue weighted by atomic mass is 10.1. The minimum absolute atomic E-state index is 0.174. The summed E-state index contributed by atoms with van der Waals surface area (Å²) in [5, 5.41) is 0. The van der Waals surface area contributed by atoms with Gasteiger partial charge in [-0.3, -0.25) is 9.10 Å². The molecule has 0 N–H and O–H groups in total. The molecular formula is C18H18N2O3S. The topological polar surface area (TPSA) is 57.7 Å². The van der Waals surface area contributed by atoms with Crippen LogP contribution in [0.4, 0.5) is 11.4 Å². The number of anilines is 2. The second-order valence-electron chi connectivity index (χ2n) is 6.24. The zero-order valence-corrected chi connectivity index (χ0v) is 14.2. The van der Waals surface area contributed by atoms with Crippen LogP contribution in [0, 0.1) is 0 Å². The molecule has 0 fully saturated rings. The normalized spacial score (nSPS) is 17.0. The first-order chi connectivity index (χ1) is 11.5. The lowest BCUT2D eigenvalue weighted by Gasteiger charge is -2.34. The minimum atomic E-state index is -3.77. The average molecular weight is 342 g/mol. The van der Waals surface area contributed by atoms with Crippen molar-refractivity contribution in [2.24, 2.45) is 0 Å². The monoisotopic (exact) mass is 342 g/mol. The number of likely N-dealkylation sites (N-methyl/N-ethyl adjacent to an activating group) is 1. The summed E-state index contributed by atoms with van der Waals surface area (Å²) in [6, 6.07) is 12.4. The zero-order chi connectivity index (χ0) is 16.9. The van der Waals surface area contributed by atoms with Gasteiger partial charge in [-0.25, -0.2) is 8.42 Å². The van der Waals surface area contributed by atoms with Gasteiger partial charge in [0.25, 0.3) is 10.0 Å². The Kier molecular flexibility index (Phi) is 3.38. The summed E-state index contributed by atoms with van der Waals surface area (Å²) < 4.78 is 27.5. The van der Waals surface area contributed by atoms with Gasteiger partial charge in [0.05, 0.1) is 16.3 Å². The van der Waals surface area contributed by atoms with E-state index in [1.54, 1.807) is 43.4 Å². The van der Waals surface area contributed by atoms with Gasteiger partial charge in [0.1, 0.15) is 6.54 Å². The Morgan fingerprint density at radius 3 is 2.46 bits per heavy atom. The molecule has 0 spiro atoms. The molecule has 24 heavy (non-hydrogen) atoms. The predicted octanol–water partition coefficient (Wildman–Crippen LogP) is 2.35. The first kappa shape index (κ1) is 15.2. The van der Waals surface area contributed by atoms with Crippen molar-refractivity contribution < 1.29 is 13.2 Å². The number of rotatable bonds is 2. The fraction of sp³-hybridized carbons (Fsp3) is 0.278. The molecule has 2 aromatic rings. The van der Waals surface area contributed by atoms with Crippen molar-refractivity contribution in [3.8, 4) is 0 Å². The number of carbonyl (C=O) groups excluding carboxylic acids is 1. The molecule has 1 aliphatic heterocycles. The van der Waals surface area contributed by atoms with Crippen LogP contribution in [0.5, 0.6) is 0 Å². The molecule has 0 aromatic heterocycles. The van der Waals surface area contributed by atoms with Crippen molar-refractivity contribution in [2.75, 3.05) is 22.8 Å². The molecule has 0 atom stereocenters. The molecule has 4 rings (SSSR count). The highest BCUT2D eigenvalue weighted by atomic mass is 32.2. The van der Waals surface area contributed by atoms with Crippen molar-refractivity contribution in [3.05, 3.63) is 53.6 Å². The summed E-state index contributed by atoms with van der Waals surface area (Å²) in [6.07, 6.45) is 2.98. The zero-order valence-electron chi connectivity index (χ0n) is 13.4. The molecule has 2 aliphatic rings. The van der Waals surface area contributed by atoms with Gasteiger partial charge in [0, 0.05) is 7.05 Å². The Morgan fingerprint density at radius 1 is 0.958 bits per heavy atom. The number of benzene rings is 2. The van der Waals surface area contributed by atoms with Crippen LogP contribution in [-0.2, 0) is 27.7 Å². The molecule has 1 amide bonds. The highest BCUT2D eigenvalue weighted by Crippen LogP contribution is 2.36. The molecule has 124 valence electrons. The smallest absolute Gasteiger partial charge is 0.264 e. The van der Waals surface area contributed by atoms with E-state index in [0.29, 0.717) is 11.4 Å². The van der Waals surface area contributed by atoms with E-state index in [0.717, 1.165) is 24.8 Å². The van der Waals surface area contributed by atoms with Gasteiger partial charge >= 0.3 is 0 Å². The second kappa shape index (κ2) is 5.34. The number of hydrogen-bond donors (Lipinski definition) is 0. The minimum Gasteiger partial charge on any atom is -0.312 e. The van der Waals surface area contributed by atoms with Crippen LogP contribution >= 0.6 is 0 Å². The predicted molar refractivity (Wildman–Crippen MR) is 92.9 cm³/mol. The summed E-state index contributed by atoms with van der Waals surface area (Å²) >= 11 is 0. The number of amides is 1. The van der Waals surface area contributed by atoms with Crippen LogP contribution in [0.15, 0.2) is 47.4 Å². The van der Waals surface area contributed by atoms with Crippen LogP contribution < -0.4 is 9.21 Å². The number of para-hydroxylation sites is 2. The van der Waals surface area contributed by atoms with Gasteiger partial charge in [-0.15, -0.1) is 0 Å². The van der Waals surface area contributed by atoms with E-state index in [4.69, 9.17) is 0 Å². The Hall–Kier alpha value is -2.34. The van der Waals surface area contributed by atoms with E-state index in [9.17, 15) is 13.2 Å². The molecule has 6 heteroatoms. The fourth-order valence-corrected chi connectivity index (χ4v) is 4.94. The van der Waals surface area contributed by atoms with Gasteiger partial charge in [-0.1, -0.05) is 18.2 Å². The second-order valence-corrected chi connectivity index (χ2v) is 8.10. The summed E-state index contributed by atoms with van der Waals surface area (Å²) in [6.45, 7) is -0.174. The van der Waals surface area contributed by atoms with Crippen LogP contribution in [-0.4, -0.2) is 27.9 Å². The third-order valence-corrected chi connectivity index (χ3v) is 6.58. The number of carbonyl (C=O) groups is 1. The van der Waals surface area contributed by atoms with Crippen LogP contribution in [0.3, 0.4) is 0 Å². The van der Waals surface area contributed by atoms with Crippen molar-refractivity contribution >= 4 is 27.3 Å². The van der Waals surface area contributed by atoms with Crippen LogP contribution in [0.25, 0.3) is 0 Å². The Labute approximate surface area is 141 Å². The highest BCUT2D eigenvalue weighted by molar-refractivity contribution is 7.92. The van der Waals surface area contributed by atoms with E-state index in [2.05, 4.69) is 0 Å². The fourth-order valence-electron chi connectivity index (χ4n) is 3.46. The molecule has 0 radical (unpaired) electrons. The Bertz CT molecular complexity index is 937. The maximum Gasteiger partial charge on any atom is 0.264 e. The van der Waals surface area contributed by atoms with Gasteiger partial charge in [-0.05, 0) is 54.7 Å². The molecular weight excluding hydrogens is 324 g/mol. The summed E-state index contributed by atoms with van der Waals surface area (Å²) in [4.78, 5) is 14.0. The van der Waals surface area contributed by atoms with E-state index in [1.807, 2.05) is 6.07 Å². The van der Waals surface area contributed by atoms with Crippen LogP contribution in [0.1, 0.15) is 17.5 Å².